The molecular formula is C21H16N4O5S. The van der Waals surface area contributed by atoms with Gasteiger partial charge in [0, 0.05) is 5.69 Å². The zero-order valence-corrected chi connectivity index (χ0v) is 17.1. The molecule has 3 aromatic heterocycles. The molecule has 156 valence electrons. The Morgan fingerprint density at radius 2 is 1.65 bits per heavy atom. The van der Waals surface area contributed by atoms with Gasteiger partial charge in [-0.2, -0.15) is 0 Å². The minimum atomic E-state index is -0.441. The fourth-order valence-corrected chi connectivity index (χ4v) is 3.26. The molecular weight excluding hydrogens is 420 g/mol. The van der Waals surface area contributed by atoms with Crippen LogP contribution in [0.15, 0.2) is 75.0 Å². The summed E-state index contributed by atoms with van der Waals surface area (Å²) in [5.74, 6) is 0.393. The van der Waals surface area contributed by atoms with Gasteiger partial charge in [0.25, 0.3) is 0 Å². The van der Waals surface area contributed by atoms with Gasteiger partial charge in [-0.1, -0.05) is 11.8 Å². The topological polar surface area (TPSA) is 120 Å². The molecule has 4 rings (SSSR count). The summed E-state index contributed by atoms with van der Waals surface area (Å²) < 4.78 is 15.5. The SMILES string of the molecule is COC(=O)c1ccc(NC(=O)CSc2nnc(-c3ccco3)c(-c3ccco3)n2)cc1. The van der Waals surface area contributed by atoms with E-state index >= 15 is 0 Å². The van der Waals surface area contributed by atoms with Gasteiger partial charge >= 0.3 is 5.97 Å². The number of thioether (sulfide) groups is 1. The Hall–Kier alpha value is -3.92. The van der Waals surface area contributed by atoms with E-state index in [4.69, 9.17) is 8.83 Å². The summed E-state index contributed by atoms with van der Waals surface area (Å²) in [6.07, 6.45) is 3.07. The summed E-state index contributed by atoms with van der Waals surface area (Å²) in [5.41, 5.74) is 1.87. The van der Waals surface area contributed by atoms with Crippen molar-refractivity contribution in [2.45, 2.75) is 5.16 Å². The number of nitrogens with zero attached hydrogens (tertiary/aromatic N) is 3. The highest BCUT2D eigenvalue weighted by Crippen LogP contribution is 2.30. The molecule has 0 saturated carbocycles. The maximum atomic E-state index is 12.3. The summed E-state index contributed by atoms with van der Waals surface area (Å²) in [4.78, 5) is 28.3. The van der Waals surface area contributed by atoms with Crippen LogP contribution in [0, 0.1) is 0 Å². The summed E-state index contributed by atoms with van der Waals surface area (Å²) in [6.45, 7) is 0. The predicted octanol–water partition coefficient (Wildman–Crippen LogP) is 3.91. The third-order valence-corrected chi connectivity index (χ3v) is 4.94. The number of methoxy groups -OCH3 is 1. The number of anilines is 1. The fourth-order valence-electron chi connectivity index (χ4n) is 2.67. The van der Waals surface area contributed by atoms with Gasteiger partial charge in [0.1, 0.15) is 5.69 Å². The molecule has 0 aliphatic heterocycles. The molecule has 0 aliphatic carbocycles. The van der Waals surface area contributed by atoms with E-state index < -0.39 is 5.97 Å². The van der Waals surface area contributed by atoms with E-state index in [9.17, 15) is 9.59 Å². The number of carbonyl (C=O) groups excluding carboxylic acids is 2. The highest BCUT2D eigenvalue weighted by Gasteiger charge is 2.18. The highest BCUT2D eigenvalue weighted by atomic mass is 32.2. The monoisotopic (exact) mass is 436 g/mol. The van der Waals surface area contributed by atoms with Gasteiger partial charge in [-0.15, -0.1) is 10.2 Å². The van der Waals surface area contributed by atoms with Crippen molar-refractivity contribution in [3.8, 4) is 22.9 Å². The van der Waals surface area contributed by atoms with Gasteiger partial charge in [-0.25, -0.2) is 9.78 Å². The molecule has 0 fully saturated rings. The maximum Gasteiger partial charge on any atom is 0.337 e. The predicted molar refractivity (Wildman–Crippen MR) is 112 cm³/mol. The number of ether oxygens (including phenoxy) is 1. The number of nitrogens with one attached hydrogen (secondary N) is 1. The smallest absolute Gasteiger partial charge is 0.337 e. The van der Waals surface area contributed by atoms with Gasteiger partial charge in [0.15, 0.2) is 17.2 Å². The Morgan fingerprint density at radius 1 is 0.968 bits per heavy atom. The number of carbonyl (C=O) groups is 2. The van der Waals surface area contributed by atoms with E-state index in [0.717, 1.165) is 11.8 Å². The van der Waals surface area contributed by atoms with E-state index in [1.54, 1.807) is 48.5 Å². The molecule has 0 saturated heterocycles. The number of rotatable bonds is 7. The zero-order valence-electron chi connectivity index (χ0n) is 16.3. The van der Waals surface area contributed by atoms with E-state index in [0.29, 0.717) is 39.3 Å². The minimum absolute atomic E-state index is 0.0676. The Morgan fingerprint density at radius 3 is 2.26 bits per heavy atom. The number of amides is 1. The van der Waals surface area contributed by atoms with Crippen LogP contribution in [0.5, 0.6) is 0 Å². The first-order valence-corrected chi connectivity index (χ1v) is 10.1. The average Bonchev–Trinajstić information content (AvgIpc) is 3.52. The molecule has 3 heterocycles. The Labute approximate surface area is 180 Å². The van der Waals surface area contributed by atoms with Crippen LogP contribution in [0.3, 0.4) is 0 Å². The molecule has 4 aromatic rings. The van der Waals surface area contributed by atoms with Gasteiger partial charge in [0.05, 0.1) is 31.0 Å². The van der Waals surface area contributed by atoms with Crippen molar-refractivity contribution < 1.29 is 23.2 Å². The minimum Gasteiger partial charge on any atom is -0.465 e. The summed E-state index contributed by atoms with van der Waals surface area (Å²) >= 11 is 1.13. The van der Waals surface area contributed by atoms with E-state index in [-0.39, 0.29) is 11.7 Å². The molecule has 0 unspecified atom stereocenters. The van der Waals surface area contributed by atoms with Crippen molar-refractivity contribution in [3.63, 3.8) is 0 Å². The second kappa shape index (κ2) is 9.26. The molecule has 0 aliphatic rings. The molecule has 0 bridgehead atoms. The van der Waals surface area contributed by atoms with Crippen LogP contribution >= 0.6 is 11.8 Å². The number of hydrogen-bond acceptors (Lipinski definition) is 9. The molecule has 0 atom stereocenters. The number of furan rings is 2. The van der Waals surface area contributed by atoms with Gasteiger partial charge in [0.2, 0.25) is 11.1 Å². The van der Waals surface area contributed by atoms with Crippen LogP contribution in [0.4, 0.5) is 5.69 Å². The zero-order chi connectivity index (χ0) is 21.6. The quantitative estimate of drug-likeness (QED) is 0.339. The summed E-state index contributed by atoms with van der Waals surface area (Å²) in [5, 5.41) is 11.4. The third-order valence-electron chi connectivity index (χ3n) is 4.10. The van der Waals surface area contributed by atoms with Gasteiger partial charge in [-0.3, -0.25) is 4.79 Å². The first-order valence-electron chi connectivity index (χ1n) is 9.07. The lowest BCUT2D eigenvalue weighted by atomic mass is 10.2. The lowest BCUT2D eigenvalue weighted by molar-refractivity contribution is -0.113. The molecule has 9 nitrogen and oxygen atoms in total. The Bertz CT molecular complexity index is 1180. The van der Waals surface area contributed by atoms with Crippen LogP contribution < -0.4 is 5.32 Å². The van der Waals surface area contributed by atoms with Crippen molar-refractivity contribution in [3.05, 3.63) is 66.6 Å². The third kappa shape index (κ3) is 4.81. The van der Waals surface area contributed by atoms with Gasteiger partial charge < -0.3 is 18.9 Å². The highest BCUT2D eigenvalue weighted by molar-refractivity contribution is 7.99. The number of esters is 1. The van der Waals surface area contributed by atoms with Crippen molar-refractivity contribution in [2.24, 2.45) is 0 Å². The first kappa shape index (κ1) is 20.4. The second-order valence-corrected chi connectivity index (χ2v) is 7.09. The van der Waals surface area contributed by atoms with Crippen molar-refractivity contribution >= 4 is 29.3 Å². The van der Waals surface area contributed by atoms with Crippen LogP contribution in [-0.2, 0) is 9.53 Å². The van der Waals surface area contributed by atoms with Crippen LogP contribution in [-0.4, -0.2) is 39.9 Å². The van der Waals surface area contributed by atoms with E-state index in [1.165, 1.54) is 19.6 Å². The average molecular weight is 436 g/mol. The van der Waals surface area contributed by atoms with Crippen molar-refractivity contribution in [1.82, 2.24) is 15.2 Å². The molecule has 1 N–H and O–H groups in total. The van der Waals surface area contributed by atoms with Gasteiger partial charge in [-0.05, 0) is 48.5 Å². The summed E-state index contributed by atoms with van der Waals surface area (Å²) in [7, 11) is 1.31. The lowest BCUT2D eigenvalue weighted by Gasteiger charge is -2.07. The van der Waals surface area contributed by atoms with E-state index in [1.807, 2.05) is 0 Å². The number of aromatic nitrogens is 3. The lowest BCUT2D eigenvalue weighted by Crippen LogP contribution is -2.14. The van der Waals surface area contributed by atoms with E-state index in [2.05, 4.69) is 25.2 Å². The fraction of sp³-hybridized carbons (Fsp3) is 0.0952. The second-order valence-electron chi connectivity index (χ2n) is 6.15. The largest absolute Gasteiger partial charge is 0.465 e. The molecule has 1 amide bonds. The van der Waals surface area contributed by atoms with Crippen LogP contribution in [0.25, 0.3) is 22.9 Å². The van der Waals surface area contributed by atoms with Crippen molar-refractivity contribution in [2.75, 3.05) is 18.2 Å². The van der Waals surface area contributed by atoms with Crippen molar-refractivity contribution in [1.29, 1.82) is 0 Å². The number of benzene rings is 1. The first-order chi connectivity index (χ1) is 15.1. The number of hydrogen-bond donors (Lipinski definition) is 1. The van der Waals surface area contributed by atoms with Crippen LogP contribution in [0.2, 0.25) is 0 Å². The molecule has 1 aromatic carbocycles. The van der Waals surface area contributed by atoms with Crippen LogP contribution in [0.1, 0.15) is 10.4 Å². The molecule has 0 radical (unpaired) electrons. The molecule has 0 spiro atoms. The normalized spacial score (nSPS) is 10.6. The maximum absolute atomic E-state index is 12.3. The molecule has 31 heavy (non-hydrogen) atoms. The Kier molecular flexibility index (Phi) is 6.08. The standard InChI is InChI=1S/C21H16N4O5S/c1-28-20(27)13-6-8-14(9-7-13)22-17(26)12-31-21-23-18(15-4-2-10-29-15)19(24-25-21)16-5-3-11-30-16/h2-11H,12H2,1H3,(H,22,26). The molecule has 10 heteroatoms. The Balaban J connectivity index is 1.44. The summed E-state index contributed by atoms with van der Waals surface area (Å²) in [6, 6.07) is 13.4.